The van der Waals surface area contributed by atoms with Crippen LogP contribution in [0, 0.1) is 5.92 Å². The van der Waals surface area contributed by atoms with Crippen LogP contribution >= 0.6 is 0 Å². The van der Waals surface area contributed by atoms with E-state index < -0.39 is 63.4 Å². The second kappa shape index (κ2) is 13.0. The van der Waals surface area contributed by atoms with E-state index in [0.29, 0.717) is 35.3 Å². The molecule has 5 atom stereocenters. The van der Waals surface area contributed by atoms with Crippen molar-refractivity contribution in [3.05, 3.63) is 111 Å². The lowest BCUT2D eigenvalue weighted by Gasteiger charge is -2.43. The highest BCUT2D eigenvalue weighted by atomic mass is 16.7. The largest absolute Gasteiger partial charge is 0.508 e. The molecule has 57 heavy (non-hydrogen) atoms. The summed E-state index contributed by atoms with van der Waals surface area (Å²) in [7, 11) is 0. The fourth-order valence-electron chi connectivity index (χ4n) is 9.05. The van der Waals surface area contributed by atoms with Crippen LogP contribution in [0.5, 0.6) is 51.7 Å². The number of ketones is 2. The van der Waals surface area contributed by atoms with E-state index in [1.807, 2.05) is 27.7 Å². The predicted octanol–water partition coefficient (Wildman–Crippen LogP) is 7.65. The fraction of sp³-hybridized carbons (Fsp3) is 0.333. The minimum atomic E-state index is -2.74. The monoisotopic (exact) mass is 776 g/mol. The molecule has 4 aromatic rings. The summed E-state index contributed by atoms with van der Waals surface area (Å²) >= 11 is 0. The van der Waals surface area contributed by atoms with Gasteiger partial charge in [-0.05, 0) is 89.8 Å². The van der Waals surface area contributed by atoms with Gasteiger partial charge in [-0.1, -0.05) is 29.4 Å². The number of aromatic hydroxyl groups is 6. The first kappa shape index (κ1) is 37.8. The Morgan fingerprint density at radius 2 is 1.56 bits per heavy atom. The quantitative estimate of drug-likeness (QED) is 0.0746. The van der Waals surface area contributed by atoms with Crippen LogP contribution in [-0.4, -0.2) is 58.7 Å². The normalized spacial score (nSPS) is 25.3. The zero-order valence-corrected chi connectivity index (χ0v) is 32.1. The number of fused-ring (bicyclic) bond motifs is 5. The number of rotatable bonds is 6. The Balaban J connectivity index is 1.31. The smallest absolute Gasteiger partial charge is 0.318 e. The maximum absolute atomic E-state index is 15.1. The van der Waals surface area contributed by atoms with Crippen molar-refractivity contribution in [2.45, 2.75) is 89.1 Å². The minimum Gasteiger partial charge on any atom is -0.508 e. The van der Waals surface area contributed by atoms with Gasteiger partial charge < -0.3 is 50.0 Å². The van der Waals surface area contributed by atoms with Crippen molar-refractivity contribution in [2.24, 2.45) is 5.92 Å². The Kier molecular flexibility index (Phi) is 8.58. The SMILES string of the molecule is CC(C)=CC[C@@]12Oc3cc(O)c([C@H]4C=C(C)C[C@H](c5ccc(O)cc5O)[C@H]4C(=O)c4ccc5c(c4O)CCC(C)(C)O5)c(O)c3C(=O)[C@]1(O)Oc1cc(O)ccc12. The molecule has 0 unspecified atom stereocenters. The number of carbonyl (C=O) groups is 2. The van der Waals surface area contributed by atoms with E-state index in [-0.39, 0.29) is 64.0 Å². The second-order valence-corrected chi connectivity index (χ2v) is 16.5. The van der Waals surface area contributed by atoms with Gasteiger partial charge in [-0.25, -0.2) is 0 Å². The number of Topliss-reactive ketones (excluding diaryl/α,β-unsaturated/α-hetero) is 2. The zero-order valence-electron chi connectivity index (χ0n) is 32.1. The van der Waals surface area contributed by atoms with Gasteiger partial charge in [0.2, 0.25) is 11.4 Å². The summed E-state index contributed by atoms with van der Waals surface area (Å²) < 4.78 is 18.5. The van der Waals surface area contributed by atoms with Crippen LogP contribution in [0.25, 0.3) is 0 Å². The summed E-state index contributed by atoms with van der Waals surface area (Å²) in [4.78, 5) is 29.8. The van der Waals surface area contributed by atoms with Gasteiger partial charge in [0, 0.05) is 59.1 Å². The second-order valence-electron chi connectivity index (χ2n) is 16.5. The summed E-state index contributed by atoms with van der Waals surface area (Å²) in [6.07, 6.45) is 4.61. The average molecular weight is 777 g/mol. The summed E-state index contributed by atoms with van der Waals surface area (Å²) in [5.74, 6) is -9.73. The third-order valence-electron chi connectivity index (χ3n) is 11.8. The van der Waals surface area contributed by atoms with Crippen LogP contribution in [0.3, 0.4) is 0 Å². The number of hydrogen-bond acceptors (Lipinski definition) is 12. The number of benzene rings is 4. The van der Waals surface area contributed by atoms with Crippen LogP contribution in [0.4, 0.5) is 0 Å². The standard InChI is InChI=1S/C45H44O12/c1-21(2)12-15-44-30-10-7-24(47)19-34(30)57-45(44,54)42(53)38-35(56-44)20-32(49)37(41(38)52)29-17-22(3)16-28(25-8-6-23(46)18-31(25)48)36(29)40(51)27-9-11-33-26(39(27)50)13-14-43(4,5)55-33/h6-12,17-20,28-29,36,46-50,52,54H,13-16H2,1-5H3/t28-,29+,36-,44+,45+/m1/s1. The lowest BCUT2D eigenvalue weighted by atomic mass is 9.64. The molecule has 3 heterocycles. The maximum Gasteiger partial charge on any atom is 0.318 e. The van der Waals surface area contributed by atoms with Gasteiger partial charge in [0.1, 0.15) is 62.9 Å². The van der Waals surface area contributed by atoms with E-state index >= 15 is 4.79 Å². The van der Waals surface area contributed by atoms with Crippen molar-refractivity contribution in [3.63, 3.8) is 0 Å². The number of phenolic OH excluding ortho intramolecular Hbond substituents is 6. The van der Waals surface area contributed by atoms with Gasteiger partial charge in [0.05, 0.1) is 5.56 Å². The molecule has 0 amide bonds. The Labute approximate surface area is 328 Å². The molecule has 1 aliphatic carbocycles. The minimum absolute atomic E-state index is 0.0170. The molecule has 296 valence electrons. The zero-order chi connectivity index (χ0) is 40.9. The van der Waals surface area contributed by atoms with E-state index in [1.165, 1.54) is 36.4 Å². The molecular formula is C45H44O12. The van der Waals surface area contributed by atoms with Crippen LogP contribution < -0.4 is 14.2 Å². The van der Waals surface area contributed by atoms with E-state index in [9.17, 15) is 40.5 Å². The van der Waals surface area contributed by atoms with Crippen LogP contribution in [-0.2, 0) is 12.0 Å². The van der Waals surface area contributed by atoms with Crippen molar-refractivity contribution >= 4 is 11.6 Å². The van der Waals surface area contributed by atoms with Crippen molar-refractivity contribution in [1.82, 2.24) is 0 Å². The number of ether oxygens (including phenoxy) is 3. The summed E-state index contributed by atoms with van der Waals surface area (Å²) in [5, 5.41) is 79.7. The van der Waals surface area contributed by atoms with Gasteiger partial charge in [-0.3, -0.25) is 9.59 Å². The fourth-order valence-corrected chi connectivity index (χ4v) is 9.05. The molecule has 0 radical (unpaired) electrons. The molecule has 0 aromatic heterocycles. The molecule has 12 nitrogen and oxygen atoms in total. The Morgan fingerprint density at radius 1 is 0.842 bits per heavy atom. The van der Waals surface area contributed by atoms with E-state index in [2.05, 4.69) is 0 Å². The molecule has 0 fully saturated rings. The number of phenols is 6. The van der Waals surface area contributed by atoms with Crippen LogP contribution in [0.15, 0.2) is 77.9 Å². The first-order valence-electron chi connectivity index (χ1n) is 18.8. The highest BCUT2D eigenvalue weighted by molar-refractivity contribution is 6.09. The van der Waals surface area contributed by atoms with Crippen LogP contribution in [0.2, 0.25) is 0 Å². The third-order valence-corrected chi connectivity index (χ3v) is 11.8. The van der Waals surface area contributed by atoms with Gasteiger partial charge in [-0.15, -0.1) is 0 Å². The van der Waals surface area contributed by atoms with Crippen molar-refractivity contribution in [3.8, 4) is 51.7 Å². The molecule has 4 aromatic carbocycles. The lowest BCUT2D eigenvalue weighted by molar-refractivity contribution is -0.201. The highest BCUT2D eigenvalue weighted by Crippen LogP contribution is 2.61. The summed E-state index contributed by atoms with van der Waals surface area (Å²) in [6, 6.07) is 12.4. The molecular weight excluding hydrogens is 732 g/mol. The van der Waals surface area contributed by atoms with Gasteiger partial charge in [0.15, 0.2) is 5.78 Å². The third kappa shape index (κ3) is 5.76. The number of aliphatic hydroxyl groups is 1. The molecule has 0 spiro atoms. The van der Waals surface area contributed by atoms with Gasteiger partial charge in [-0.2, -0.15) is 0 Å². The summed E-state index contributed by atoms with van der Waals surface area (Å²) in [6.45, 7) is 9.30. The molecule has 7 N–H and O–H groups in total. The van der Waals surface area contributed by atoms with Gasteiger partial charge >= 0.3 is 5.79 Å². The molecule has 12 heteroatoms. The topological polar surface area (TPSA) is 203 Å². The lowest BCUT2D eigenvalue weighted by Crippen LogP contribution is -2.62. The molecule has 8 rings (SSSR count). The van der Waals surface area contributed by atoms with Crippen molar-refractivity contribution in [2.75, 3.05) is 0 Å². The van der Waals surface area contributed by atoms with Crippen LogP contribution in [0.1, 0.15) is 109 Å². The van der Waals surface area contributed by atoms with Crippen molar-refractivity contribution < 1.29 is 59.5 Å². The first-order chi connectivity index (χ1) is 26.9. The molecule has 3 aliphatic heterocycles. The number of hydrogen-bond donors (Lipinski definition) is 7. The highest BCUT2D eigenvalue weighted by Gasteiger charge is 2.70. The molecule has 0 saturated heterocycles. The number of carbonyl (C=O) groups excluding carboxylic acids is 2. The first-order valence-corrected chi connectivity index (χ1v) is 18.8. The van der Waals surface area contributed by atoms with E-state index in [4.69, 9.17) is 14.2 Å². The van der Waals surface area contributed by atoms with E-state index in [0.717, 1.165) is 17.7 Å². The predicted molar refractivity (Wildman–Crippen MR) is 207 cm³/mol. The average Bonchev–Trinajstić information content (AvgIpc) is 3.37. The Bertz CT molecular complexity index is 2460. The molecule has 4 aliphatic rings. The Hall–Kier alpha value is -6.14. The maximum atomic E-state index is 15.1. The van der Waals surface area contributed by atoms with E-state index in [1.54, 1.807) is 25.1 Å². The number of allylic oxidation sites excluding steroid dienone is 3. The van der Waals surface area contributed by atoms with Crippen molar-refractivity contribution in [1.29, 1.82) is 0 Å². The summed E-state index contributed by atoms with van der Waals surface area (Å²) in [5.41, 5.74) is -0.594. The Morgan fingerprint density at radius 3 is 2.28 bits per heavy atom. The van der Waals surface area contributed by atoms with Gasteiger partial charge in [0.25, 0.3) is 0 Å². The molecule has 0 bridgehead atoms. The molecule has 0 saturated carbocycles.